The van der Waals surface area contributed by atoms with Crippen LogP contribution < -0.4 is 29.2 Å². The molecule has 0 spiro atoms. The molecule has 1 aliphatic rings. The second kappa shape index (κ2) is 9.96. The van der Waals surface area contributed by atoms with Gasteiger partial charge in [-0.2, -0.15) is 0 Å². The van der Waals surface area contributed by atoms with Crippen LogP contribution >= 0.6 is 11.3 Å². The van der Waals surface area contributed by atoms with Gasteiger partial charge in [-0.1, -0.05) is 11.3 Å². The average molecular weight is 485 g/mol. The lowest BCUT2D eigenvalue weighted by Crippen LogP contribution is -2.24. The molecule has 11 heteroatoms. The van der Waals surface area contributed by atoms with E-state index in [1.165, 1.54) is 32.7 Å². The van der Waals surface area contributed by atoms with E-state index < -0.39 is 5.91 Å². The molecule has 1 atom stereocenters. The Kier molecular flexibility index (Phi) is 6.82. The summed E-state index contributed by atoms with van der Waals surface area (Å²) in [5, 5.41) is 12.1. The molecule has 2 aromatic carbocycles. The number of anilines is 2. The molecule has 34 heavy (non-hydrogen) atoms. The first-order valence-electron chi connectivity index (χ1n) is 10.4. The van der Waals surface area contributed by atoms with Crippen LogP contribution in [0.25, 0.3) is 0 Å². The molecule has 3 aromatic rings. The average Bonchev–Trinajstić information content (AvgIpc) is 3.49. The lowest BCUT2D eigenvalue weighted by Gasteiger charge is -2.16. The fraction of sp³-hybridized carbons (Fsp3) is 0.304. The van der Waals surface area contributed by atoms with Crippen molar-refractivity contribution < 1.29 is 28.5 Å². The van der Waals surface area contributed by atoms with Crippen LogP contribution in [0.15, 0.2) is 36.4 Å². The quantitative estimate of drug-likeness (QED) is 0.518. The largest absolute Gasteiger partial charge is 0.497 e. The highest BCUT2D eigenvalue weighted by Gasteiger charge is 2.34. The number of rotatable bonds is 8. The molecule has 0 bridgehead atoms. The zero-order valence-corrected chi connectivity index (χ0v) is 20.0. The smallest absolute Gasteiger partial charge is 0.257 e. The lowest BCUT2D eigenvalue weighted by molar-refractivity contribution is -0.117. The van der Waals surface area contributed by atoms with Crippen molar-refractivity contribution in [2.75, 3.05) is 45.2 Å². The van der Waals surface area contributed by atoms with Gasteiger partial charge in [0.05, 0.1) is 28.4 Å². The summed E-state index contributed by atoms with van der Waals surface area (Å²) in [6.45, 7) is 0.487. The molecule has 0 unspecified atom stereocenters. The number of nitrogens with zero attached hydrogens (tertiary/aromatic N) is 3. The van der Waals surface area contributed by atoms with Crippen molar-refractivity contribution in [1.82, 2.24) is 10.2 Å². The van der Waals surface area contributed by atoms with Crippen LogP contribution in [0, 0.1) is 0 Å². The first kappa shape index (κ1) is 23.3. The number of carbonyl (C=O) groups excluding carboxylic acids is 2. The van der Waals surface area contributed by atoms with E-state index in [4.69, 9.17) is 18.9 Å². The summed E-state index contributed by atoms with van der Waals surface area (Å²) >= 11 is 1.25. The molecule has 1 N–H and O–H groups in total. The Morgan fingerprint density at radius 3 is 2.26 bits per heavy atom. The van der Waals surface area contributed by atoms with Gasteiger partial charge in [0.2, 0.25) is 16.8 Å². The Labute approximate surface area is 200 Å². The minimum Gasteiger partial charge on any atom is -0.497 e. The van der Waals surface area contributed by atoms with E-state index in [-0.39, 0.29) is 11.8 Å². The van der Waals surface area contributed by atoms with Gasteiger partial charge in [-0.15, -0.1) is 10.2 Å². The molecular formula is C23H24N4O6S. The van der Waals surface area contributed by atoms with Gasteiger partial charge < -0.3 is 23.8 Å². The Morgan fingerprint density at radius 2 is 1.68 bits per heavy atom. The monoisotopic (exact) mass is 484 g/mol. The molecule has 1 aliphatic heterocycles. The third-order valence-corrected chi connectivity index (χ3v) is 6.45. The van der Waals surface area contributed by atoms with Gasteiger partial charge in [0.1, 0.15) is 10.8 Å². The Hall–Kier alpha value is -3.86. The van der Waals surface area contributed by atoms with E-state index in [1.54, 1.807) is 24.1 Å². The van der Waals surface area contributed by atoms with Crippen molar-refractivity contribution in [1.29, 1.82) is 0 Å². The lowest BCUT2D eigenvalue weighted by atomic mass is 10.1. The Balaban J connectivity index is 1.46. The zero-order valence-electron chi connectivity index (χ0n) is 19.2. The summed E-state index contributed by atoms with van der Waals surface area (Å²) in [5.41, 5.74) is 1.11. The maximum Gasteiger partial charge on any atom is 0.257 e. The van der Waals surface area contributed by atoms with Crippen LogP contribution in [-0.4, -0.2) is 57.0 Å². The number of hydrogen-bond acceptors (Lipinski definition) is 9. The molecule has 1 aromatic heterocycles. The molecular weight excluding hydrogens is 460 g/mol. The van der Waals surface area contributed by atoms with Crippen LogP contribution in [0.1, 0.15) is 27.7 Å². The summed E-state index contributed by atoms with van der Waals surface area (Å²) in [5.74, 6) is 1.35. The topological polar surface area (TPSA) is 112 Å². The number of nitrogens with one attached hydrogen (secondary N) is 1. The van der Waals surface area contributed by atoms with Crippen molar-refractivity contribution in [3.05, 3.63) is 47.0 Å². The van der Waals surface area contributed by atoms with Gasteiger partial charge in [-0.3, -0.25) is 14.9 Å². The number of benzene rings is 2. The number of aromatic nitrogens is 2. The summed E-state index contributed by atoms with van der Waals surface area (Å²) < 4.78 is 21.1. The molecule has 1 saturated heterocycles. The number of hydrogen-bond donors (Lipinski definition) is 1. The van der Waals surface area contributed by atoms with Gasteiger partial charge >= 0.3 is 0 Å². The second-order valence-electron chi connectivity index (χ2n) is 7.42. The minimum atomic E-state index is -0.399. The fourth-order valence-electron chi connectivity index (χ4n) is 3.72. The van der Waals surface area contributed by atoms with E-state index in [9.17, 15) is 9.59 Å². The minimum absolute atomic E-state index is 0.00775. The first-order valence-corrected chi connectivity index (χ1v) is 11.2. The normalized spacial score (nSPS) is 15.2. The van der Waals surface area contributed by atoms with E-state index in [2.05, 4.69) is 15.5 Å². The Morgan fingerprint density at radius 1 is 1.00 bits per heavy atom. The summed E-state index contributed by atoms with van der Waals surface area (Å²) in [7, 11) is 6.05. The summed E-state index contributed by atoms with van der Waals surface area (Å²) in [6, 6.07) is 10.4. The van der Waals surface area contributed by atoms with Crippen LogP contribution in [0.5, 0.6) is 23.0 Å². The van der Waals surface area contributed by atoms with E-state index in [1.807, 2.05) is 24.3 Å². The predicted molar refractivity (Wildman–Crippen MR) is 127 cm³/mol. The molecule has 4 rings (SSSR count). The summed E-state index contributed by atoms with van der Waals surface area (Å²) in [4.78, 5) is 27.2. The highest BCUT2D eigenvalue weighted by atomic mass is 32.1. The van der Waals surface area contributed by atoms with Gasteiger partial charge in [0, 0.05) is 30.1 Å². The zero-order chi connectivity index (χ0) is 24.2. The standard InChI is InChI=1S/C23H24N4O6S/c1-30-16-7-5-15(6-8-16)27-12-14(11-19(27)28)22-25-26-23(34-22)24-21(29)13-9-17(31-2)20(33-4)18(10-13)32-3/h5-10,14H,11-12H2,1-4H3,(H,24,26,29)/t14-/m0/s1. The molecule has 1 fully saturated rings. The van der Waals surface area contributed by atoms with Crippen molar-refractivity contribution in [3.8, 4) is 23.0 Å². The molecule has 178 valence electrons. The maximum atomic E-state index is 12.8. The number of methoxy groups -OCH3 is 4. The molecule has 2 amide bonds. The van der Waals surface area contributed by atoms with Crippen molar-refractivity contribution >= 4 is 34.0 Å². The highest BCUT2D eigenvalue weighted by Crippen LogP contribution is 2.39. The van der Waals surface area contributed by atoms with Gasteiger partial charge in [0.25, 0.3) is 5.91 Å². The number of carbonyl (C=O) groups is 2. The number of amides is 2. The van der Waals surface area contributed by atoms with E-state index >= 15 is 0 Å². The van der Waals surface area contributed by atoms with E-state index in [0.29, 0.717) is 45.9 Å². The predicted octanol–water partition coefficient (Wildman–Crippen LogP) is 3.35. The molecule has 2 heterocycles. The Bertz CT molecular complexity index is 1170. The van der Waals surface area contributed by atoms with Crippen molar-refractivity contribution in [2.45, 2.75) is 12.3 Å². The fourth-order valence-corrected chi connectivity index (χ4v) is 4.55. The van der Waals surface area contributed by atoms with Crippen LogP contribution in [-0.2, 0) is 4.79 Å². The SMILES string of the molecule is COc1ccc(N2C[C@@H](c3nnc(NC(=O)c4cc(OC)c(OC)c(OC)c4)s3)CC2=O)cc1. The highest BCUT2D eigenvalue weighted by molar-refractivity contribution is 7.15. The van der Waals surface area contributed by atoms with Gasteiger partial charge in [0.15, 0.2) is 11.5 Å². The molecule has 0 saturated carbocycles. The van der Waals surface area contributed by atoms with Crippen LogP contribution in [0.3, 0.4) is 0 Å². The van der Waals surface area contributed by atoms with Gasteiger partial charge in [-0.25, -0.2) is 0 Å². The van der Waals surface area contributed by atoms with Crippen LogP contribution in [0.4, 0.5) is 10.8 Å². The van der Waals surface area contributed by atoms with Crippen molar-refractivity contribution in [3.63, 3.8) is 0 Å². The summed E-state index contributed by atoms with van der Waals surface area (Å²) in [6.07, 6.45) is 0.321. The van der Waals surface area contributed by atoms with Crippen molar-refractivity contribution in [2.24, 2.45) is 0 Å². The third kappa shape index (κ3) is 4.60. The molecule has 0 aliphatic carbocycles. The maximum absolute atomic E-state index is 12.8. The molecule has 10 nitrogen and oxygen atoms in total. The van der Waals surface area contributed by atoms with Crippen LogP contribution in [0.2, 0.25) is 0 Å². The molecule has 0 radical (unpaired) electrons. The van der Waals surface area contributed by atoms with E-state index in [0.717, 1.165) is 11.4 Å². The second-order valence-corrected chi connectivity index (χ2v) is 8.43. The first-order chi connectivity index (χ1) is 16.5. The number of ether oxygens (including phenoxy) is 4. The third-order valence-electron chi connectivity index (χ3n) is 5.45. The van der Waals surface area contributed by atoms with Gasteiger partial charge in [-0.05, 0) is 36.4 Å².